The molecule has 0 saturated heterocycles. The molecule has 196 valence electrons. The van der Waals surface area contributed by atoms with E-state index in [0.29, 0.717) is 11.8 Å². The largest absolute Gasteiger partial charge is 0.371 e. The predicted octanol–water partition coefficient (Wildman–Crippen LogP) is 8.97. The van der Waals surface area contributed by atoms with Crippen molar-refractivity contribution in [1.29, 1.82) is 0 Å². The summed E-state index contributed by atoms with van der Waals surface area (Å²) < 4.78 is 4.47. The summed E-state index contributed by atoms with van der Waals surface area (Å²) in [5.74, 6) is 2.70. The zero-order valence-electron chi connectivity index (χ0n) is 23.4. The third-order valence-corrected chi connectivity index (χ3v) is 7.76. The Morgan fingerprint density at radius 2 is 1.18 bits per heavy atom. The van der Waals surface area contributed by atoms with Gasteiger partial charge in [-0.3, -0.25) is 4.57 Å². The first-order valence-electron chi connectivity index (χ1n) is 13.9. The highest BCUT2D eigenvalue weighted by Crippen LogP contribution is 2.37. The van der Waals surface area contributed by atoms with Crippen molar-refractivity contribution in [2.45, 2.75) is 45.6 Å². The minimum Gasteiger partial charge on any atom is -0.371 e. The SMILES string of the molecule is CC(C)c1cccc(C(C)C)c1NC(c1ccccc1)c1nc(-n2c3ccccc3c3ccccc32)cn1C. The normalized spacial score (nSPS) is 12.6. The number of hydrogen-bond donors (Lipinski definition) is 1. The zero-order chi connectivity index (χ0) is 27.1. The molecule has 0 aliphatic rings. The number of rotatable bonds is 7. The lowest BCUT2D eigenvalue weighted by Gasteiger charge is -2.26. The molecule has 4 heteroatoms. The molecule has 1 N–H and O–H groups in total. The Hall–Kier alpha value is -4.31. The molecule has 4 nitrogen and oxygen atoms in total. The lowest BCUT2D eigenvalue weighted by atomic mass is 9.91. The number of para-hydroxylation sites is 3. The van der Waals surface area contributed by atoms with Crippen LogP contribution in [0.1, 0.15) is 68.1 Å². The van der Waals surface area contributed by atoms with Crippen LogP contribution in [0.5, 0.6) is 0 Å². The second-order valence-electron chi connectivity index (χ2n) is 11.0. The average molecular weight is 513 g/mol. The van der Waals surface area contributed by atoms with Gasteiger partial charge in [0.15, 0.2) is 5.82 Å². The van der Waals surface area contributed by atoms with Crippen LogP contribution in [0.2, 0.25) is 0 Å². The lowest BCUT2D eigenvalue weighted by Crippen LogP contribution is -2.19. The van der Waals surface area contributed by atoms with E-state index >= 15 is 0 Å². The van der Waals surface area contributed by atoms with E-state index in [0.717, 1.165) is 11.6 Å². The fraction of sp³-hybridized carbons (Fsp3) is 0.229. The number of nitrogens with zero attached hydrogens (tertiary/aromatic N) is 3. The van der Waals surface area contributed by atoms with E-state index in [1.54, 1.807) is 0 Å². The molecule has 0 aliphatic heterocycles. The summed E-state index contributed by atoms with van der Waals surface area (Å²) in [6.45, 7) is 9.07. The van der Waals surface area contributed by atoms with E-state index in [1.165, 1.54) is 44.2 Å². The molecule has 0 fully saturated rings. The summed E-state index contributed by atoms with van der Waals surface area (Å²) in [5, 5.41) is 6.48. The van der Waals surface area contributed by atoms with Crippen molar-refractivity contribution in [3.8, 4) is 5.82 Å². The molecular weight excluding hydrogens is 476 g/mol. The number of benzene rings is 4. The Labute approximate surface area is 230 Å². The molecule has 6 rings (SSSR count). The van der Waals surface area contributed by atoms with Crippen LogP contribution in [0.15, 0.2) is 103 Å². The van der Waals surface area contributed by atoms with E-state index in [4.69, 9.17) is 4.98 Å². The first kappa shape index (κ1) is 25.0. The lowest BCUT2D eigenvalue weighted by molar-refractivity contribution is 0.740. The van der Waals surface area contributed by atoms with Crippen molar-refractivity contribution < 1.29 is 0 Å². The predicted molar refractivity (Wildman–Crippen MR) is 164 cm³/mol. The summed E-state index contributed by atoms with van der Waals surface area (Å²) in [7, 11) is 2.11. The highest BCUT2D eigenvalue weighted by Gasteiger charge is 2.25. The Morgan fingerprint density at radius 1 is 0.641 bits per heavy atom. The van der Waals surface area contributed by atoms with Gasteiger partial charge in [0, 0.05) is 29.7 Å². The summed E-state index contributed by atoms with van der Waals surface area (Å²) >= 11 is 0. The van der Waals surface area contributed by atoms with Gasteiger partial charge in [-0.25, -0.2) is 4.98 Å². The third-order valence-electron chi connectivity index (χ3n) is 7.76. The molecule has 0 aliphatic carbocycles. The maximum absolute atomic E-state index is 5.34. The van der Waals surface area contributed by atoms with Crippen LogP contribution >= 0.6 is 0 Å². The quantitative estimate of drug-likeness (QED) is 0.232. The molecule has 0 amide bonds. The minimum absolute atomic E-state index is 0.115. The van der Waals surface area contributed by atoms with Gasteiger partial charge in [0.25, 0.3) is 0 Å². The molecule has 0 bridgehead atoms. The van der Waals surface area contributed by atoms with Crippen LogP contribution < -0.4 is 5.32 Å². The third kappa shape index (κ3) is 4.40. The number of hydrogen-bond acceptors (Lipinski definition) is 2. The van der Waals surface area contributed by atoms with E-state index in [-0.39, 0.29) is 6.04 Å². The van der Waals surface area contributed by atoms with Gasteiger partial charge in [0.1, 0.15) is 11.9 Å². The Morgan fingerprint density at radius 3 is 1.74 bits per heavy atom. The summed E-state index contributed by atoms with van der Waals surface area (Å²) in [6, 6.07) is 34.4. The molecule has 0 radical (unpaired) electrons. The summed E-state index contributed by atoms with van der Waals surface area (Å²) in [6.07, 6.45) is 2.16. The number of aryl methyl sites for hydroxylation is 1. The Kier molecular flexibility index (Phi) is 6.48. The first-order valence-corrected chi connectivity index (χ1v) is 13.9. The molecule has 0 spiro atoms. The van der Waals surface area contributed by atoms with Crippen molar-refractivity contribution in [1.82, 2.24) is 14.1 Å². The molecular formula is C35H36N4. The molecule has 1 unspecified atom stereocenters. The minimum atomic E-state index is -0.115. The second-order valence-corrected chi connectivity index (χ2v) is 11.0. The van der Waals surface area contributed by atoms with E-state index in [2.05, 4.69) is 152 Å². The Bertz CT molecular complexity index is 1680. The molecule has 4 aromatic carbocycles. The zero-order valence-corrected chi connectivity index (χ0v) is 23.4. The van der Waals surface area contributed by atoms with Crippen molar-refractivity contribution in [2.75, 3.05) is 5.32 Å². The summed E-state index contributed by atoms with van der Waals surface area (Å²) in [4.78, 5) is 5.34. The van der Waals surface area contributed by atoms with E-state index in [9.17, 15) is 0 Å². The number of nitrogens with one attached hydrogen (secondary N) is 1. The molecule has 39 heavy (non-hydrogen) atoms. The van der Waals surface area contributed by atoms with Crippen LogP contribution in [-0.2, 0) is 7.05 Å². The number of fused-ring (bicyclic) bond motifs is 3. The highest BCUT2D eigenvalue weighted by atomic mass is 15.2. The maximum atomic E-state index is 5.34. The van der Waals surface area contributed by atoms with Crippen LogP contribution in [-0.4, -0.2) is 14.1 Å². The average Bonchev–Trinajstić information content (AvgIpc) is 3.49. The summed E-state index contributed by atoms with van der Waals surface area (Å²) in [5.41, 5.74) is 7.41. The smallest absolute Gasteiger partial charge is 0.156 e. The fourth-order valence-electron chi connectivity index (χ4n) is 5.81. The van der Waals surface area contributed by atoms with Gasteiger partial charge in [-0.05, 0) is 40.7 Å². The van der Waals surface area contributed by atoms with Gasteiger partial charge in [0.05, 0.1) is 11.0 Å². The molecule has 2 heterocycles. The van der Waals surface area contributed by atoms with Crippen molar-refractivity contribution >= 4 is 27.5 Å². The molecule has 2 aromatic heterocycles. The van der Waals surface area contributed by atoms with E-state index < -0.39 is 0 Å². The van der Waals surface area contributed by atoms with Crippen molar-refractivity contribution in [2.24, 2.45) is 7.05 Å². The standard InChI is InChI=1S/C35H36N4/c1-23(2)26-18-13-19-27(24(3)4)34(26)37-33(25-14-7-6-8-15-25)35-36-32(22-38(35)5)39-30-20-11-9-16-28(30)29-17-10-12-21-31(29)39/h6-24,33,37H,1-5H3. The van der Waals surface area contributed by atoms with Crippen molar-refractivity contribution in [3.05, 3.63) is 126 Å². The van der Waals surface area contributed by atoms with Crippen LogP contribution in [0.25, 0.3) is 27.6 Å². The van der Waals surface area contributed by atoms with Gasteiger partial charge in [-0.1, -0.05) is 113 Å². The molecule has 0 saturated carbocycles. The first-order chi connectivity index (χ1) is 18.9. The van der Waals surface area contributed by atoms with Gasteiger partial charge >= 0.3 is 0 Å². The maximum Gasteiger partial charge on any atom is 0.156 e. The van der Waals surface area contributed by atoms with Gasteiger partial charge in [0.2, 0.25) is 0 Å². The van der Waals surface area contributed by atoms with Crippen molar-refractivity contribution in [3.63, 3.8) is 0 Å². The van der Waals surface area contributed by atoms with E-state index in [1.807, 2.05) is 0 Å². The van der Waals surface area contributed by atoms with Gasteiger partial charge in [-0.15, -0.1) is 0 Å². The molecule has 6 aromatic rings. The van der Waals surface area contributed by atoms with Crippen LogP contribution in [0, 0.1) is 0 Å². The van der Waals surface area contributed by atoms with Crippen LogP contribution in [0.4, 0.5) is 5.69 Å². The fourth-order valence-corrected chi connectivity index (χ4v) is 5.81. The topological polar surface area (TPSA) is 34.8 Å². The van der Waals surface area contributed by atoms with Gasteiger partial charge < -0.3 is 9.88 Å². The number of anilines is 1. The molecule has 1 atom stereocenters. The number of imidazole rings is 1. The number of aromatic nitrogens is 3. The van der Waals surface area contributed by atoms with Gasteiger partial charge in [-0.2, -0.15) is 0 Å². The highest BCUT2D eigenvalue weighted by molar-refractivity contribution is 6.09. The Balaban J connectivity index is 1.54. The van der Waals surface area contributed by atoms with Crippen LogP contribution in [0.3, 0.4) is 0 Å². The second kappa shape index (κ2) is 10.1. The monoisotopic (exact) mass is 512 g/mol.